The number of fused-ring (bicyclic) bond motifs is 2. The number of ether oxygens (including phenoxy) is 3. The molecule has 2 fully saturated rings. The average molecular weight is 184 g/mol. The van der Waals surface area contributed by atoms with Gasteiger partial charge in [-0.05, 0) is 27.7 Å². The van der Waals surface area contributed by atoms with Gasteiger partial charge in [0.2, 0.25) is 0 Å². The first kappa shape index (κ1) is 9.44. The molecule has 2 bridgehead atoms. The Kier molecular flexibility index (Phi) is 1.95. The highest BCUT2D eigenvalue weighted by Gasteiger charge is 2.51. The van der Waals surface area contributed by atoms with Gasteiger partial charge in [0.15, 0.2) is 11.6 Å². The van der Waals surface area contributed by atoms with Gasteiger partial charge in [0.05, 0.1) is 0 Å². The predicted molar refractivity (Wildman–Crippen MR) is 47.1 cm³/mol. The first-order chi connectivity index (χ1) is 5.91. The Labute approximate surface area is 79.4 Å². The van der Waals surface area contributed by atoms with E-state index in [4.69, 9.17) is 14.2 Å². The maximum atomic E-state index is 5.75. The van der Waals surface area contributed by atoms with E-state index in [1.54, 1.807) is 0 Å². The lowest BCUT2D eigenvalue weighted by Gasteiger charge is -2.52. The van der Waals surface area contributed by atoms with Gasteiger partial charge < -0.3 is 14.2 Å². The quantitative estimate of drug-likeness (QED) is 0.578. The number of rotatable bonds is 0. The molecule has 2 unspecified atom stereocenters. The summed E-state index contributed by atoms with van der Waals surface area (Å²) in [5.74, 6) is -1.03. The van der Waals surface area contributed by atoms with Crippen LogP contribution in [0.5, 0.6) is 0 Å². The lowest BCUT2D eigenvalue weighted by atomic mass is 10.0. The van der Waals surface area contributed by atoms with Crippen molar-refractivity contribution in [3.63, 3.8) is 0 Å². The molecule has 2 heterocycles. The van der Waals surface area contributed by atoms with Crippen LogP contribution in [0.1, 0.15) is 40.5 Å². The third-order valence-corrected chi connectivity index (χ3v) is 2.35. The van der Waals surface area contributed by atoms with Gasteiger partial charge in [0.1, 0.15) is 12.2 Å². The molecule has 13 heavy (non-hydrogen) atoms. The van der Waals surface area contributed by atoms with Crippen molar-refractivity contribution in [2.24, 2.45) is 0 Å². The summed E-state index contributed by atoms with van der Waals surface area (Å²) < 4.78 is 17.1. The van der Waals surface area contributed by atoms with Gasteiger partial charge in [-0.2, -0.15) is 0 Å². The molecule has 2 saturated heterocycles. The molecule has 74 valence electrons. The highest BCUT2D eigenvalue weighted by Crippen LogP contribution is 2.47. The SMILES string of the molecule is C[C]1CC2(C)O[C](C)CC(C)(O1)O2. The highest BCUT2D eigenvalue weighted by molar-refractivity contribution is 4.98. The van der Waals surface area contributed by atoms with Crippen LogP contribution in [0.25, 0.3) is 0 Å². The van der Waals surface area contributed by atoms with Crippen LogP contribution in [0.4, 0.5) is 0 Å². The summed E-state index contributed by atoms with van der Waals surface area (Å²) in [6, 6.07) is 0. The molecule has 2 aliphatic heterocycles. The smallest absolute Gasteiger partial charge is 0.172 e. The molecule has 0 aromatic heterocycles. The minimum Gasteiger partial charge on any atom is -0.341 e. The zero-order valence-corrected chi connectivity index (χ0v) is 8.64. The Balaban J connectivity index is 2.22. The second kappa shape index (κ2) is 2.69. The van der Waals surface area contributed by atoms with Crippen LogP contribution in [0, 0.1) is 12.2 Å². The first-order valence-corrected chi connectivity index (χ1v) is 4.64. The van der Waals surface area contributed by atoms with Gasteiger partial charge in [-0.25, -0.2) is 0 Å². The summed E-state index contributed by atoms with van der Waals surface area (Å²) in [6.45, 7) is 7.87. The first-order valence-electron chi connectivity index (χ1n) is 4.64. The van der Waals surface area contributed by atoms with Crippen molar-refractivity contribution in [3.05, 3.63) is 12.2 Å². The van der Waals surface area contributed by atoms with Crippen molar-refractivity contribution in [3.8, 4) is 0 Å². The normalized spacial score (nSPS) is 48.0. The molecule has 0 aromatic rings. The van der Waals surface area contributed by atoms with Crippen LogP contribution < -0.4 is 0 Å². The van der Waals surface area contributed by atoms with E-state index >= 15 is 0 Å². The van der Waals surface area contributed by atoms with E-state index < -0.39 is 11.6 Å². The lowest BCUT2D eigenvalue weighted by molar-refractivity contribution is -0.407. The minimum absolute atomic E-state index is 0.514. The van der Waals surface area contributed by atoms with E-state index in [9.17, 15) is 0 Å². The Hall–Kier alpha value is -0.120. The number of hydrogen-bond donors (Lipinski definition) is 0. The van der Waals surface area contributed by atoms with E-state index in [0.717, 1.165) is 12.2 Å². The van der Waals surface area contributed by atoms with Crippen LogP contribution in [0.3, 0.4) is 0 Å². The molecular formula is C10H16O3. The summed E-state index contributed by atoms with van der Waals surface area (Å²) in [6.07, 6.45) is 3.40. The van der Waals surface area contributed by atoms with Crippen LogP contribution in [0.2, 0.25) is 0 Å². The second-order valence-corrected chi connectivity index (χ2v) is 4.33. The molecule has 0 aromatic carbocycles. The molecule has 0 amide bonds. The molecule has 0 aliphatic carbocycles. The van der Waals surface area contributed by atoms with Crippen LogP contribution in [-0.2, 0) is 14.2 Å². The van der Waals surface area contributed by atoms with Crippen molar-refractivity contribution in [2.75, 3.05) is 0 Å². The Morgan fingerprint density at radius 2 is 1.31 bits per heavy atom. The average Bonchev–Trinajstić information content (AvgIpc) is 1.75. The van der Waals surface area contributed by atoms with Gasteiger partial charge >= 0.3 is 0 Å². The van der Waals surface area contributed by atoms with Crippen molar-refractivity contribution in [2.45, 2.75) is 52.1 Å². The zero-order valence-electron chi connectivity index (χ0n) is 8.64. The summed E-state index contributed by atoms with van der Waals surface area (Å²) >= 11 is 0. The Bertz CT molecular complexity index is 180. The summed E-state index contributed by atoms with van der Waals surface area (Å²) in [5, 5.41) is 0. The predicted octanol–water partition coefficient (Wildman–Crippen LogP) is 2.38. The molecule has 3 heteroatoms. The van der Waals surface area contributed by atoms with Gasteiger partial charge in [-0.1, -0.05) is 0 Å². The topological polar surface area (TPSA) is 27.7 Å². The zero-order chi connectivity index (χ0) is 9.69. The van der Waals surface area contributed by atoms with Gasteiger partial charge in [0, 0.05) is 12.8 Å². The molecular weight excluding hydrogens is 168 g/mol. The Morgan fingerprint density at radius 1 is 0.923 bits per heavy atom. The van der Waals surface area contributed by atoms with E-state index in [-0.39, 0.29) is 0 Å². The van der Waals surface area contributed by atoms with Crippen LogP contribution in [0.15, 0.2) is 0 Å². The molecule has 2 atom stereocenters. The maximum absolute atomic E-state index is 5.75. The van der Waals surface area contributed by atoms with E-state index in [2.05, 4.69) is 0 Å². The largest absolute Gasteiger partial charge is 0.341 e. The fourth-order valence-corrected chi connectivity index (χ4v) is 2.36. The van der Waals surface area contributed by atoms with Crippen LogP contribution in [-0.4, -0.2) is 11.6 Å². The summed E-state index contributed by atoms with van der Waals surface area (Å²) in [4.78, 5) is 0. The maximum Gasteiger partial charge on any atom is 0.172 e. The third-order valence-electron chi connectivity index (χ3n) is 2.35. The van der Waals surface area contributed by atoms with Crippen molar-refractivity contribution < 1.29 is 14.2 Å². The van der Waals surface area contributed by atoms with Gasteiger partial charge in [-0.3, -0.25) is 0 Å². The van der Waals surface area contributed by atoms with Crippen molar-refractivity contribution in [1.82, 2.24) is 0 Å². The van der Waals surface area contributed by atoms with Gasteiger partial charge in [-0.15, -0.1) is 0 Å². The van der Waals surface area contributed by atoms with E-state index in [1.165, 1.54) is 0 Å². The molecule has 2 aliphatic rings. The summed E-state index contributed by atoms with van der Waals surface area (Å²) in [7, 11) is 0. The standard InChI is InChI=1S/C10H16O3/c1-7-5-9(3)12-8(2)6-10(4,11-7)13-9/h5-6H2,1-4H3. The molecule has 3 nitrogen and oxygen atoms in total. The molecule has 0 spiro atoms. The monoisotopic (exact) mass is 184 g/mol. The second-order valence-electron chi connectivity index (χ2n) is 4.33. The minimum atomic E-state index is -0.514. The molecule has 0 saturated carbocycles. The number of hydrogen-bond acceptors (Lipinski definition) is 3. The third kappa shape index (κ3) is 1.73. The van der Waals surface area contributed by atoms with E-state index in [1.807, 2.05) is 27.7 Å². The van der Waals surface area contributed by atoms with Crippen LogP contribution >= 0.6 is 0 Å². The Morgan fingerprint density at radius 3 is 1.69 bits per heavy atom. The highest BCUT2D eigenvalue weighted by atomic mass is 16.8. The molecule has 0 N–H and O–H groups in total. The molecule has 2 radical (unpaired) electrons. The fraction of sp³-hybridized carbons (Fsp3) is 0.800. The van der Waals surface area contributed by atoms with Crippen molar-refractivity contribution in [1.29, 1.82) is 0 Å². The summed E-state index contributed by atoms with van der Waals surface area (Å²) in [5.41, 5.74) is 0. The van der Waals surface area contributed by atoms with Crippen molar-refractivity contribution >= 4 is 0 Å². The fourth-order valence-electron chi connectivity index (χ4n) is 2.36. The van der Waals surface area contributed by atoms with Gasteiger partial charge in [0.25, 0.3) is 0 Å². The molecule has 2 rings (SSSR count). The van der Waals surface area contributed by atoms with E-state index in [0.29, 0.717) is 12.8 Å². The lowest BCUT2D eigenvalue weighted by Crippen LogP contribution is -2.55.